The Hall–Kier alpha value is -0.970. The number of rotatable bonds is 5. The van der Waals surface area contributed by atoms with Gasteiger partial charge >= 0.3 is 0 Å². The SMILES string of the molecule is CNCC(OC1CC(C)OC(C)C1)c1ccc(F)cc1. The van der Waals surface area contributed by atoms with Crippen molar-refractivity contribution in [2.24, 2.45) is 0 Å². The maximum Gasteiger partial charge on any atom is 0.123 e. The van der Waals surface area contributed by atoms with Crippen molar-refractivity contribution in [1.29, 1.82) is 0 Å². The van der Waals surface area contributed by atoms with E-state index in [1.165, 1.54) is 12.1 Å². The van der Waals surface area contributed by atoms with Gasteiger partial charge in [0.1, 0.15) is 5.82 Å². The van der Waals surface area contributed by atoms with Crippen molar-refractivity contribution in [2.45, 2.75) is 51.1 Å². The molecule has 2 rings (SSSR count). The van der Waals surface area contributed by atoms with Crippen molar-refractivity contribution in [1.82, 2.24) is 5.32 Å². The fourth-order valence-corrected chi connectivity index (χ4v) is 2.80. The van der Waals surface area contributed by atoms with Crippen LogP contribution in [0, 0.1) is 5.82 Å². The topological polar surface area (TPSA) is 30.5 Å². The van der Waals surface area contributed by atoms with Crippen LogP contribution in [0.1, 0.15) is 38.4 Å². The zero-order valence-corrected chi connectivity index (χ0v) is 12.4. The molecule has 0 bridgehead atoms. The Morgan fingerprint density at radius 3 is 2.40 bits per heavy atom. The van der Waals surface area contributed by atoms with Gasteiger partial charge < -0.3 is 14.8 Å². The van der Waals surface area contributed by atoms with Gasteiger partial charge in [-0.1, -0.05) is 12.1 Å². The molecule has 20 heavy (non-hydrogen) atoms. The van der Waals surface area contributed by atoms with E-state index in [1.807, 2.05) is 7.05 Å². The molecule has 1 aliphatic rings. The number of ether oxygens (including phenoxy) is 2. The van der Waals surface area contributed by atoms with Crippen LogP contribution in [-0.2, 0) is 9.47 Å². The third kappa shape index (κ3) is 4.27. The van der Waals surface area contributed by atoms with Gasteiger partial charge in [0, 0.05) is 6.54 Å². The molecule has 1 N–H and O–H groups in total. The molecule has 1 heterocycles. The Balaban J connectivity index is 2.03. The number of hydrogen-bond acceptors (Lipinski definition) is 3. The summed E-state index contributed by atoms with van der Waals surface area (Å²) in [6.07, 6.45) is 2.41. The van der Waals surface area contributed by atoms with Crippen molar-refractivity contribution in [3.8, 4) is 0 Å². The third-order valence-electron chi connectivity index (χ3n) is 3.64. The summed E-state index contributed by atoms with van der Waals surface area (Å²) in [5.74, 6) is -0.217. The minimum absolute atomic E-state index is 0.0527. The van der Waals surface area contributed by atoms with Crippen LogP contribution in [0.2, 0.25) is 0 Å². The minimum atomic E-state index is -0.217. The highest BCUT2D eigenvalue weighted by Crippen LogP contribution is 2.27. The summed E-state index contributed by atoms with van der Waals surface area (Å²) >= 11 is 0. The van der Waals surface area contributed by atoms with E-state index in [1.54, 1.807) is 12.1 Å². The molecule has 1 fully saturated rings. The molecule has 1 aliphatic heterocycles. The first-order chi connectivity index (χ1) is 9.58. The first kappa shape index (κ1) is 15.4. The summed E-state index contributed by atoms with van der Waals surface area (Å²) in [7, 11) is 1.90. The van der Waals surface area contributed by atoms with Gasteiger partial charge in [-0.15, -0.1) is 0 Å². The molecular weight excluding hydrogens is 257 g/mol. The van der Waals surface area contributed by atoms with Crippen LogP contribution in [0.25, 0.3) is 0 Å². The Morgan fingerprint density at radius 2 is 1.85 bits per heavy atom. The average molecular weight is 281 g/mol. The summed E-state index contributed by atoms with van der Waals surface area (Å²) in [6, 6.07) is 6.56. The van der Waals surface area contributed by atoms with Gasteiger partial charge in [0.2, 0.25) is 0 Å². The van der Waals surface area contributed by atoms with Crippen LogP contribution < -0.4 is 5.32 Å². The predicted octanol–water partition coefficient (Wildman–Crippen LogP) is 3.06. The lowest BCUT2D eigenvalue weighted by Crippen LogP contribution is -2.36. The molecule has 1 aromatic rings. The molecule has 0 spiro atoms. The minimum Gasteiger partial charge on any atom is -0.375 e. The molecule has 112 valence electrons. The number of likely N-dealkylation sites (N-methyl/N-ethyl adjacent to an activating group) is 1. The second-order valence-corrected chi connectivity index (χ2v) is 5.58. The molecule has 3 atom stereocenters. The predicted molar refractivity (Wildman–Crippen MR) is 77.2 cm³/mol. The molecule has 0 aromatic heterocycles. The summed E-state index contributed by atoms with van der Waals surface area (Å²) < 4.78 is 25.0. The first-order valence-electron chi connectivity index (χ1n) is 7.29. The summed E-state index contributed by atoms with van der Waals surface area (Å²) in [5.41, 5.74) is 1.01. The van der Waals surface area contributed by atoms with Crippen LogP contribution in [0.15, 0.2) is 24.3 Å². The van der Waals surface area contributed by atoms with Crippen LogP contribution in [0.5, 0.6) is 0 Å². The largest absolute Gasteiger partial charge is 0.375 e. The fraction of sp³-hybridized carbons (Fsp3) is 0.625. The summed E-state index contributed by atoms with van der Waals surface area (Å²) in [5, 5.41) is 3.14. The van der Waals surface area contributed by atoms with E-state index in [2.05, 4.69) is 19.2 Å². The molecule has 3 nitrogen and oxygen atoms in total. The average Bonchev–Trinajstić information content (AvgIpc) is 2.38. The lowest BCUT2D eigenvalue weighted by molar-refractivity contribution is -0.121. The van der Waals surface area contributed by atoms with Crippen molar-refractivity contribution in [3.05, 3.63) is 35.6 Å². The van der Waals surface area contributed by atoms with Crippen molar-refractivity contribution < 1.29 is 13.9 Å². The number of hydrogen-bond donors (Lipinski definition) is 1. The van der Waals surface area contributed by atoms with Crippen LogP contribution in [0.3, 0.4) is 0 Å². The smallest absolute Gasteiger partial charge is 0.123 e. The Bertz CT molecular complexity index is 399. The van der Waals surface area contributed by atoms with Gasteiger partial charge in [0.05, 0.1) is 24.4 Å². The van der Waals surface area contributed by atoms with Gasteiger partial charge in [-0.25, -0.2) is 4.39 Å². The van der Waals surface area contributed by atoms with Gasteiger partial charge in [-0.05, 0) is 51.4 Å². The van der Waals surface area contributed by atoms with E-state index >= 15 is 0 Å². The van der Waals surface area contributed by atoms with Gasteiger partial charge in [-0.2, -0.15) is 0 Å². The van der Waals surface area contributed by atoms with Crippen molar-refractivity contribution in [3.63, 3.8) is 0 Å². The Labute approximate surface area is 120 Å². The van der Waals surface area contributed by atoms with Crippen LogP contribution in [0.4, 0.5) is 4.39 Å². The number of benzene rings is 1. The van der Waals surface area contributed by atoms with Gasteiger partial charge in [0.25, 0.3) is 0 Å². The highest BCUT2D eigenvalue weighted by molar-refractivity contribution is 5.19. The second kappa shape index (κ2) is 7.16. The normalized spacial score (nSPS) is 28.3. The van der Waals surface area contributed by atoms with E-state index in [-0.39, 0.29) is 30.2 Å². The molecule has 0 radical (unpaired) electrons. The molecule has 1 aromatic carbocycles. The van der Waals surface area contributed by atoms with E-state index in [9.17, 15) is 4.39 Å². The first-order valence-corrected chi connectivity index (χ1v) is 7.29. The van der Waals surface area contributed by atoms with Gasteiger partial charge in [-0.3, -0.25) is 0 Å². The van der Waals surface area contributed by atoms with E-state index in [0.717, 1.165) is 18.4 Å². The van der Waals surface area contributed by atoms with Crippen LogP contribution in [-0.4, -0.2) is 31.9 Å². The molecular formula is C16H24FNO2. The lowest BCUT2D eigenvalue weighted by atomic mass is 10.0. The highest BCUT2D eigenvalue weighted by atomic mass is 19.1. The maximum atomic E-state index is 13.0. The molecule has 4 heteroatoms. The quantitative estimate of drug-likeness (QED) is 0.900. The molecule has 3 unspecified atom stereocenters. The third-order valence-corrected chi connectivity index (χ3v) is 3.64. The molecule has 0 aliphatic carbocycles. The standard InChI is InChI=1S/C16H24FNO2/c1-11-8-15(9-12(2)19-11)20-16(10-18-3)13-4-6-14(17)7-5-13/h4-7,11-12,15-16,18H,8-10H2,1-3H3. The van der Waals surface area contributed by atoms with Crippen molar-refractivity contribution >= 4 is 0 Å². The molecule has 0 saturated carbocycles. The number of halogens is 1. The molecule has 1 saturated heterocycles. The zero-order chi connectivity index (χ0) is 14.5. The molecule has 0 amide bonds. The van der Waals surface area contributed by atoms with E-state index in [4.69, 9.17) is 9.47 Å². The highest BCUT2D eigenvalue weighted by Gasteiger charge is 2.27. The van der Waals surface area contributed by atoms with Crippen molar-refractivity contribution in [2.75, 3.05) is 13.6 Å². The second-order valence-electron chi connectivity index (χ2n) is 5.58. The maximum absolute atomic E-state index is 13.0. The van der Waals surface area contributed by atoms with Gasteiger partial charge in [0.15, 0.2) is 0 Å². The van der Waals surface area contributed by atoms with E-state index < -0.39 is 0 Å². The zero-order valence-electron chi connectivity index (χ0n) is 12.4. The Morgan fingerprint density at radius 1 is 1.25 bits per heavy atom. The Kier molecular flexibility index (Phi) is 5.52. The monoisotopic (exact) mass is 281 g/mol. The summed E-state index contributed by atoms with van der Waals surface area (Å²) in [6.45, 7) is 4.87. The van der Waals surface area contributed by atoms with E-state index in [0.29, 0.717) is 6.54 Å². The summed E-state index contributed by atoms with van der Waals surface area (Å²) in [4.78, 5) is 0. The van der Waals surface area contributed by atoms with Crippen LogP contribution >= 0.6 is 0 Å². The lowest BCUT2D eigenvalue weighted by Gasteiger charge is -2.34. The number of nitrogens with one attached hydrogen (secondary N) is 1. The fourth-order valence-electron chi connectivity index (χ4n) is 2.80.